The molecule has 1 aromatic carbocycles. The van der Waals surface area contributed by atoms with Crippen LogP contribution in [0.4, 0.5) is 5.00 Å². The molecule has 33 heavy (non-hydrogen) atoms. The number of aliphatic imine (C=N–C) groups is 1. The van der Waals surface area contributed by atoms with Crippen LogP contribution in [-0.4, -0.2) is 39.3 Å². The van der Waals surface area contributed by atoms with Crippen molar-refractivity contribution >= 4 is 44.1 Å². The van der Waals surface area contributed by atoms with Gasteiger partial charge in [-0.2, -0.15) is 5.26 Å². The van der Waals surface area contributed by atoms with Crippen LogP contribution in [0, 0.1) is 11.3 Å². The third kappa shape index (κ3) is 5.07. The summed E-state index contributed by atoms with van der Waals surface area (Å²) in [6.07, 6.45) is 4.24. The Kier molecular flexibility index (Phi) is 6.76. The maximum Gasteiger partial charge on any atom is 0.306 e. The number of hydrogen-bond acceptors (Lipinski definition) is 8. The summed E-state index contributed by atoms with van der Waals surface area (Å²) >= 11 is 1.41. The molecule has 4 rings (SSSR count). The zero-order chi connectivity index (χ0) is 23.4. The van der Waals surface area contributed by atoms with E-state index in [9.17, 15) is 23.3 Å². The number of fused-ring (bicyclic) bond motifs is 2. The van der Waals surface area contributed by atoms with Gasteiger partial charge in [-0.25, -0.2) is 8.42 Å². The fraction of sp³-hybridized carbons (Fsp3) is 0.364. The summed E-state index contributed by atoms with van der Waals surface area (Å²) < 4.78 is 31.6. The largest absolute Gasteiger partial charge is 0.456 e. The maximum atomic E-state index is 12.2. The van der Waals surface area contributed by atoms with E-state index in [0.29, 0.717) is 22.5 Å². The number of sulfonamides is 1. The van der Waals surface area contributed by atoms with Crippen LogP contribution in [0.2, 0.25) is 0 Å². The zero-order valence-electron chi connectivity index (χ0n) is 17.7. The van der Waals surface area contributed by atoms with Gasteiger partial charge >= 0.3 is 5.97 Å². The fourth-order valence-electron chi connectivity index (χ4n) is 3.82. The molecule has 0 radical (unpaired) electrons. The van der Waals surface area contributed by atoms with Crippen LogP contribution in [0.15, 0.2) is 34.2 Å². The number of nitrogens with zero attached hydrogens (tertiary/aromatic N) is 2. The lowest BCUT2D eigenvalue weighted by molar-refractivity contribution is -0.147. The van der Waals surface area contributed by atoms with Crippen molar-refractivity contribution in [1.82, 2.24) is 4.72 Å². The van der Waals surface area contributed by atoms with E-state index in [-0.39, 0.29) is 23.7 Å². The Morgan fingerprint density at radius 2 is 2.03 bits per heavy atom. The summed E-state index contributed by atoms with van der Waals surface area (Å²) in [5.74, 6) is -0.787. The normalized spacial score (nSPS) is 16.9. The number of nitriles is 1. The van der Waals surface area contributed by atoms with Crippen molar-refractivity contribution in [3.05, 3.63) is 45.8 Å². The number of nitrogens with one attached hydrogen (secondary N) is 2. The van der Waals surface area contributed by atoms with Crippen LogP contribution < -0.4 is 10.0 Å². The average molecular weight is 487 g/mol. The molecule has 9 nitrogen and oxygen atoms in total. The van der Waals surface area contributed by atoms with Gasteiger partial charge < -0.3 is 10.1 Å². The van der Waals surface area contributed by atoms with Gasteiger partial charge in [-0.1, -0.05) is 12.1 Å². The number of amides is 1. The summed E-state index contributed by atoms with van der Waals surface area (Å²) in [6.45, 7) is -0.215. The van der Waals surface area contributed by atoms with Crippen molar-refractivity contribution < 1.29 is 22.7 Å². The number of ether oxygens (including phenoxy) is 1. The van der Waals surface area contributed by atoms with Gasteiger partial charge in [0.05, 0.1) is 10.5 Å². The molecule has 0 saturated carbocycles. The van der Waals surface area contributed by atoms with Gasteiger partial charge in [-0.05, 0) is 49.8 Å². The second-order valence-corrected chi connectivity index (χ2v) is 10.4. The molecule has 1 amide bonds. The molecule has 0 spiro atoms. The predicted octanol–water partition coefficient (Wildman–Crippen LogP) is 2.50. The van der Waals surface area contributed by atoms with Crippen molar-refractivity contribution in [3.63, 3.8) is 0 Å². The highest BCUT2D eigenvalue weighted by Crippen LogP contribution is 2.37. The number of hydrogen-bond donors (Lipinski definition) is 2. The standard InChI is InChI=1S/C22H22N4O5S2/c23-12-16-14-6-1-3-8-17(14)32-22(16)25-19(27)13-31-20(28)10-5-11-24-21-15-7-2-4-9-18(15)33(29,30)26-21/h2,4,7,9H,1,3,5-6,8,10-11,13H2,(H,24,26)(H,25,27). The van der Waals surface area contributed by atoms with Gasteiger partial charge in [0, 0.05) is 23.4 Å². The molecule has 0 saturated heterocycles. The number of rotatable bonds is 7. The fourth-order valence-corrected chi connectivity index (χ4v) is 6.33. The molecule has 2 heterocycles. The van der Waals surface area contributed by atoms with E-state index in [1.54, 1.807) is 18.2 Å². The lowest BCUT2D eigenvalue weighted by atomic mass is 9.96. The quantitative estimate of drug-likeness (QED) is 0.456. The van der Waals surface area contributed by atoms with Crippen molar-refractivity contribution in [1.29, 1.82) is 5.26 Å². The molecule has 0 atom stereocenters. The molecular weight excluding hydrogens is 464 g/mol. The number of carbonyl (C=O) groups excluding carboxylic acids is 2. The summed E-state index contributed by atoms with van der Waals surface area (Å²) in [5.41, 5.74) is 2.04. The van der Waals surface area contributed by atoms with Crippen molar-refractivity contribution in [2.45, 2.75) is 43.4 Å². The van der Waals surface area contributed by atoms with Crippen LogP contribution in [0.25, 0.3) is 0 Å². The van der Waals surface area contributed by atoms with E-state index < -0.39 is 28.5 Å². The Labute approximate surface area is 195 Å². The van der Waals surface area contributed by atoms with Gasteiger partial charge in [0.1, 0.15) is 16.9 Å². The lowest BCUT2D eigenvalue weighted by Gasteiger charge is -2.09. The Morgan fingerprint density at radius 3 is 2.85 bits per heavy atom. The number of benzene rings is 1. The van der Waals surface area contributed by atoms with Crippen LogP contribution in [-0.2, 0) is 37.2 Å². The van der Waals surface area contributed by atoms with Crippen molar-refractivity contribution in [2.75, 3.05) is 18.5 Å². The van der Waals surface area contributed by atoms with Crippen LogP contribution in [0.3, 0.4) is 0 Å². The molecule has 2 aliphatic rings. The number of thiophene rings is 1. The Bertz CT molecular complexity index is 1270. The number of aryl methyl sites for hydroxylation is 1. The highest BCUT2D eigenvalue weighted by atomic mass is 32.2. The number of esters is 1. The van der Waals surface area contributed by atoms with Crippen molar-refractivity contribution in [2.24, 2.45) is 4.99 Å². The molecule has 1 aromatic heterocycles. The summed E-state index contributed by atoms with van der Waals surface area (Å²) in [7, 11) is -3.59. The first-order chi connectivity index (χ1) is 15.9. The monoisotopic (exact) mass is 486 g/mol. The topological polar surface area (TPSA) is 138 Å². The number of anilines is 1. The minimum atomic E-state index is -3.59. The SMILES string of the molecule is N#Cc1c(NC(=O)COC(=O)CCCN=C2NS(=O)(=O)c3ccccc32)sc2c1CCCC2. The van der Waals surface area contributed by atoms with E-state index in [4.69, 9.17) is 4.74 Å². The average Bonchev–Trinajstić information content (AvgIpc) is 3.29. The first-order valence-electron chi connectivity index (χ1n) is 10.6. The molecule has 2 aromatic rings. The van der Waals surface area contributed by atoms with Gasteiger partial charge in [0.2, 0.25) is 0 Å². The first-order valence-corrected chi connectivity index (χ1v) is 12.9. The molecule has 1 aliphatic heterocycles. The Hall–Kier alpha value is -3.23. The maximum absolute atomic E-state index is 12.2. The van der Waals surface area contributed by atoms with Crippen LogP contribution >= 0.6 is 11.3 Å². The lowest BCUT2D eigenvalue weighted by Crippen LogP contribution is -2.22. The second kappa shape index (κ2) is 9.72. The zero-order valence-corrected chi connectivity index (χ0v) is 19.4. The third-order valence-corrected chi connectivity index (χ3v) is 7.98. The Balaban J connectivity index is 1.23. The molecule has 11 heteroatoms. The second-order valence-electron chi connectivity index (χ2n) is 7.67. The van der Waals surface area contributed by atoms with Gasteiger partial charge in [0.15, 0.2) is 6.61 Å². The highest BCUT2D eigenvalue weighted by Gasteiger charge is 2.30. The first kappa shape index (κ1) is 22.9. The highest BCUT2D eigenvalue weighted by molar-refractivity contribution is 7.90. The van der Waals surface area contributed by atoms with Gasteiger partial charge in [0.25, 0.3) is 15.9 Å². The molecule has 0 bridgehead atoms. The molecular formula is C22H22N4O5S2. The minimum absolute atomic E-state index is 0.0369. The smallest absolute Gasteiger partial charge is 0.306 e. The van der Waals surface area contributed by atoms with E-state index in [2.05, 4.69) is 21.1 Å². The predicted molar refractivity (Wildman–Crippen MR) is 123 cm³/mol. The van der Waals surface area contributed by atoms with E-state index in [1.807, 2.05) is 0 Å². The third-order valence-electron chi connectivity index (χ3n) is 5.37. The Morgan fingerprint density at radius 1 is 1.24 bits per heavy atom. The van der Waals surface area contributed by atoms with Gasteiger partial charge in [-0.3, -0.25) is 19.3 Å². The molecule has 172 valence electrons. The summed E-state index contributed by atoms with van der Waals surface area (Å²) in [4.78, 5) is 29.7. The minimum Gasteiger partial charge on any atom is -0.456 e. The summed E-state index contributed by atoms with van der Waals surface area (Å²) in [6, 6.07) is 8.72. The molecule has 0 unspecified atom stereocenters. The van der Waals surface area contributed by atoms with Crippen LogP contribution in [0.5, 0.6) is 0 Å². The molecule has 0 fully saturated rings. The van der Waals surface area contributed by atoms with Crippen LogP contribution in [0.1, 0.15) is 47.3 Å². The van der Waals surface area contributed by atoms with E-state index in [0.717, 1.165) is 36.1 Å². The molecule has 1 aliphatic carbocycles. The van der Waals surface area contributed by atoms with E-state index >= 15 is 0 Å². The number of carbonyl (C=O) groups is 2. The molecule has 2 N–H and O–H groups in total. The van der Waals surface area contributed by atoms with E-state index in [1.165, 1.54) is 17.4 Å². The van der Waals surface area contributed by atoms with Crippen molar-refractivity contribution in [3.8, 4) is 6.07 Å². The number of amidine groups is 1. The van der Waals surface area contributed by atoms with Gasteiger partial charge in [-0.15, -0.1) is 11.3 Å². The summed E-state index contributed by atoms with van der Waals surface area (Å²) in [5, 5.41) is 12.7.